The predicted octanol–water partition coefficient (Wildman–Crippen LogP) is 1.50. The fraction of sp³-hybridized carbons (Fsp3) is 0.579. The lowest BCUT2D eigenvalue weighted by atomic mass is 9.96. The summed E-state index contributed by atoms with van der Waals surface area (Å²) in [7, 11) is 0. The molecule has 3 rings (SSSR count). The van der Waals surface area contributed by atoms with E-state index in [2.05, 4.69) is 10.2 Å². The number of carbonyl (C=O) groups excluding carboxylic acids is 2. The van der Waals surface area contributed by atoms with Crippen LogP contribution < -0.4 is 5.32 Å². The zero-order chi connectivity index (χ0) is 17.6. The van der Waals surface area contributed by atoms with Gasteiger partial charge in [0.15, 0.2) is 0 Å². The smallest absolute Gasteiger partial charge is 0.238 e. The number of aryl methyl sites for hydroxylation is 1. The topological polar surface area (TPSA) is 61.9 Å². The molecule has 2 heterocycles. The minimum atomic E-state index is -0.0247. The SMILES string of the molecule is Cc1ccc(NC(=O)CN2CCCC(C(=O)N3CCOCC3)C2)cc1. The van der Waals surface area contributed by atoms with Gasteiger partial charge in [-0.15, -0.1) is 0 Å². The number of hydrogen-bond acceptors (Lipinski definition) is 4. The van der Waals surface area contributed by atoms with Gasteiger partial charge in [-0.3, -0.25) is 14.5 Å². The van der Waals surface area contributed by atoms with Crippen molar-refractivity contribution in [1.29, 1.82) is 0 Å². The van der Waals surface area contributed by atoms with Gasteiger partial charge in [-0.25, -0.2) is 0 Å². The van der Waals surface area contributed by atoms with Crippen molar-refractivity contribution in [2.24, 2.45) is 5.92 Å². The molecule has 0 aliphatic carbocycles. The maximum atomic E-state index is 12.7. The molecule has 0 radical (unpaired) electrons. The number of benzene rings is 1. The fourth-order valence-corrected chi connectivity index (χ4v) is 3.48. The van der Waals surface area contributed by atoms with E-state index in [1.54, 1.807) is 0 Å². The molecule has 6 heteroatoms. The highest BCUT2D eigenvalue weighted by atomic mass is 16.5. The van der Waals surface area contributed by atoms with Crippen molar-refractivity contribution in [2.45, 2.75) is 19.8 Å². The predicted molar refractivity (Wildman–Crippen MR) is 96.4 cm³/mol. The van der Waals surface area contributed by atoms with Gasteiger partial charge in [0, 0.05) is 25.3 Å². The molecule has 1 aromatic rings. The van der Waals surface area contributed by atoms with E-state index in [4.69, 9.17) is 4.74 Å². The first-order valence-electron chi connectivity index (χ1n) is 9.07. The average molecular weight is 345 g/mol. The largest absolute Gasteiger partial charge is 0.378 e. The van der Waals surface area contributed by atoms with Gasteiger partial charge in [-0.1, -0.05) is 17.7 Å². The lowest BCUT2D eigenvalue weighted by Gasteiger charge is -2.35. The summed E-state index contributed by atoms with van der Waals surface area (Å²) in [6.07, 6.45) is 1.87. The number of nitrogens with one attached hydrogen (secondary N) is 1. The summed E-state index contributed by atoms with van der Waals surface area (Å²) in [6, 6.07) is 7.78. The summed E-state index contributed by atoms with van der Waals surface area (Å²) in [6.45, 7) is 6.51. The summed E-state index contributed by atoms with van der Waals surface area (Å²) in [4.78, 5) is 28.9. The Labute approximate surface area is 149 Å². The first kappa shape index (κ1) is 17.9. The highest BCUT2D eigenvalue weighted by molar-refractivity contribution is 5.92. The van der Waals surface area contributed by atoms with Crippen molar-refractivity contribution in [1.82, 2.24) is 9.80 Å². The first-order chi connectivity index (χ1) is 12.1. The third-order valence-corrected chi connectivity index (χ3v) is 4.88. The van der Waals surface area contributed by atoms with Crippen LogP contribution in [0.3, 0.4) is 0 Å². The van der Waals surface area contributed by atoms with Crippen LogP contribution in [0.2, 0.25) is 0 Å². The Morgan fingerprint density at radius 1 is 1.16 bits per heavy atom. The number of ether oxygens (including phenoxy) is 1. The molecule has 136 valence electrons. The van der Waals surface area contributed by atoms with Crippen molar-refractivity contribution in [3.63, 3.8) is 0 Å². The van der Waals surface area contributed by atoms with Crippen LogP contribution in [0.15, 0.2) is 24.3 Å². The average Bonchev–Trinajstić information content (AvgIpc) is 2.64. The lowest BCUT2D eigenvalue weighted by molar-refractivity contribution is -0.141. The molecule has 25 heavy (non-hydrogen) atoms. The van der Waals surface area contributed by atoms with Gasteiger partial charge in [0.05, 0.1) is 25.7 Å². The van der Waals surface area contributed by atoms with E-state index < -0.39 is 0 Å². The summed E-state index contributed by atoms with van der Waals surface area (Å²) in [5.74, 6) is 0.189. The fourth-order valence-electron chi connectivity index (χ4n) is 3.48. The monoisotopic (exact) mass is 345 g/mol. The molecule has 0 bridgehead atoms. The molecule has 1 aromatic carbocycles. The molecule has 2 saturated heterocycles. The molecular weight excluding hydrogens is 318 g/mol. The molecule has 6 nitrogen and oxygen atoms in total. The van der Waals surface area contributed by atoms with Crippen molar-refractivity contribution in [3.05, 3.63) is 29.8 Å². The van der Waals surface area contributed by atoms with E-state index in [0.29, 0.717) is 39.4 Å². The second kappa shape index (κ2) is 8.45. The maximum absolute atomic E-state index is 12.7. The minimum absolute atomic E-state index is 0.000903. The molecule has 2 aliphatic rings. The van der Waals surface area contributed by atoms with Crippen molar-refractivity contribution < 1.29 is 14.3 Å². The minimum Gasteiger partial charge on any atom is -0.378 e. The number of rotatable bonds is 4. The van der Waals surface area contributed by atoms with Crippen LogP contribution in [-0.4, -0.2) is 67.6 Å². The van der Waals surface area contributed by atoms with Gasteiger partial charge in [-0.2, -0.15) is 0 Å². The Balaban J connectivity index is 1.49. The number of piperidine rings is 1. The summed E-state index contributed by atoms with van der Waals surface area (Å²) < 4.78 is 5.32. The standard InChI is InChI=1S/C19H27N3O3/c1-15-4-6-17(7-5-15)20-18(23)14-21-8-2-3-16(13-21)19(24)22-9-11-25-12-10-22/h4-7,16H,2-3,8-14H2,1H3,(H,20,23). The Morgan fingerprint density at radius 2 is 1.88 bits per heavy atom. The molecule has 1 atom stereocenters. The molecule has 1 unspecified atom stereocenters. The molecule has 2 aliphatic heterocycles. The molecule has 0 aromatic heterocycles. The molecule has 0 spiro atoms. The Bertz CT molecular complexity index is 596. The van der Waals surface area contributed by atoms with Crippen molar-refractivity contribution in [2.75, 3.05) is 51.3 Å². The number of anilines is 1. The third-order valence-electron chi connectivity index (χ3n) is 4.88. The van der Waals surface area contributed by atoms with Gasteiger partial charge in [0.2, 0.25) is 11.8 Å². The molecular formula is C19H27N3O3. The molecule has 2 fully saturated rings. The zero-order valence-electron chi connectivity index (χ0n) is 14.9. The molecule has 1 N–H and O–H groups in total. The highest BCUT2D eigenvalue weighted by Gasteiger charge is 2.30. The van der Waals surface area contributed by atoms with Crippen molar-refractivity contribution >= 4 is 17.5 Å². The van der Waals surface area contributed by atoms with E-state index in [0.717, 1.165) is 25.1 Å². The highest BCUT2D eigenvalue weighted by Crippen LogP contribution is 2.19. The van der Waals surface area contributed by atoms with Crippen molar-refractivity contribution in [3.8, 4) is 0 Å². The summed E-state index contributed by atoms with van der Waals surface area (Å²) >= 11 is 0. The van der Waals surface area contributed by atoms with Crippen LogP contribution in [0.25, 0.3) is 0 Å². The Hall–Kier alpha value is -1.92. The number of carbonyl (C=O) groups is 2. The second-order valence-electron chi connectivity index (χ2n) is 6.93. The van der Waals surface area contributed by atoms with Crippen LogP contribution in [-0.2, 0) is 14.3 Å². The molecule has 2 amide bonds. The number of amides is 2. The van der Waals surface area contributed by atoms with E-state index >= 15 is 0 Å². The first-order valence-corrected chi connectivity index (χ1v) is 9.07. The molecule has 0 saturated carbocycles. The number of likely N-dealkylation sites (tertiary alicyclic amines) is 1. The van der Waals surface area contributed by atoms with Crippen LogP contribution >= 0.6 is 0 Å². The lowest BCUT2D eigenvalue weighted by Crippen LogP contribution is -2.49. The van der Waals surface area contributed by atoms with Gasteiger partial charge < -0.3 is 15.0 Å². The van der Waals surface area contributed by atoms with Gasteiger partial charge in [0.25, 0.3) is 0 Å². The normalized spacial score (nSPS) is 21.8. The zero-order valence-corrected chi connectivity index (χ0v) is 14.9. The van der Waals surface area contributed by atoms with E-state index in [9.17, 15) is 9.59 Å². The third kappa shape index (κ3) is 5.03. The summed E-state index contributed by atoms with van der Waals surface area (Å²) in [5, 5.41) is 2.93. The van der Waals surface area contributed by atoms with Crippen LogP contribution in [0.4, 0.5) is 5.69 Å². The van der Waals surface area contributed by atoms with E-state index in [-0.39, 0.29) is 17.7 Å². The maximum Gasteiger partial charge on any atom is 0.238 e. The number of morpholine rings is 1. The Kier molecular flexibility index (Phi) is 6.04. The van der Waals surface area contributed by atoms with Crippen LogP contribution in [0.1, 0.15) is 18.4 Å². The van der Waals surface area contributed by atoms with Gasteiger partial charge in [-0.05, 0) is 38.4 Å². The quantitative estimate of drug-likeness (QED) is 0.898. The van der Waals surface area contributed by atoms with Gasteiger partial charge >= 0.3 is 0 Å². The number of nitrogens with zero attached hydrogens (tertiary/aromatic N) is 2. The second-order valence-corrected chi connectivity index (χ2v) is 6.93. The van der Waals surface area contributed by atoms with E-state index in [1.165, 1.54) is 5.56 Å². The van der Waals surface area contributed by atoms with Crippen LogP contribution in [0.5, 0.6) is 0 Å². The van der Waals surface area contributed by atoms with Gasteiger partial charge in [0.1, 0.15) is 0 Å². The Morgan fingerprint density at radius 3 is 2.60 bits per heavy atom. The summed E-state index contributed by atoms with van der Waals surface area (Å²) in [5.41, 5.74) is 1.98. The number of hydrogen-bond donors (Lipinski definition) is 1. The van der Waals surface area contributed by atoms with E-state index in [1.807, 2.05) is 36.1 Å². The van der Waals surface area contributed by atoms with Crippen LogP contribution in [0, 0.1) is 12.8 Å².